The number of aromatic amines is 1. The zero-order chi connectivity index (χ0) is 20.8. The molecular weight excluding hydrogens is 384 g/mol. The maximum Gasteiger partial charge on any atom is 0.330 e. The van der Waals surface area contributed by atoms with E-state index in [0.717, 1.165) is 19.3 Å². The van der Waals surface area contributed by atoms with Crippen LogP contribution >= 0.6 is 0 Å². The standard InChI is InChI=1S/C19H26N2O8/c1-18(2)28-13-11(9-26-16(23)19(10-25-3)6-4-7-19)27-15(14(13)29-18)21-8-5-12(22)20-17(21)24/h5,8,11,13-15H,4,6-7,9-10H2,1-3H3,(H,20,22,24)/t11-,13-,14-,15-/m1/s1. The van der Waals surface area contributed by atoms with Gasteiger partial charge in [0.1, 0.15) is 24.9 Å². The second kappa shape index (κ2) is 7.35. The van der Waals surface area contributed by atoms with Crippen LogP contribution in [0.5, 0.6) is 0 Å². The predicted molar refractivity (Wildman–Crippen MR) is 98.2 cm³/mol. The molecule has 160 valence electrons. The third kappa shape index (κ3) is 3.65. The van der Waals surface area contributed by atoms with Gasteiger partial charge in [-0.1, -0.05) is 6.42 Å². The monoisotopic (exact) mass is 410 g/mol. The molecule has 1 aromatic heterocycles. The molecule has 0 aromatic carbocycles. The summed E-state index contributed by atoms with van der Waals surface area (Å²) in [4.78, 5) is 38.4. The van der Waals surface area contributed by atoms with Crippen molar-refractivity contribution in [1.29, 1.82) is 0 Å². The van der Waals surface area contributed by atoms with Gasteiger partial charge in [-0.25, -0.2) is 4.79 Å². The Morgan fingerprint density at radius 2 is 2.00 bits per heavy atom. The number of methoxy groups -OCH3 is 1. The molecule has 0 amide bonds. The maximum atomic E-state index is 12.6. The number of ether oxygens (including phenoxy) is 5. The summed E-state index contributed by atoms with van der Waals surface area (Å²) >= 11 is 0. The first kappa shape index (κ1) is 20.3. The molecule has 0 radical (unpaired) electrons. The quantitative estimate of drug-likeness (QED) is 0.666. The van der Waals surface area contributed by atoms with Gasteiger partial charge in [-0.2, -0.15) is 0 Å². The van der Waals surface area contributed by atoms with Gasteiger partial charge in [-0.15, -0.1) is 0 Å². The first-order valence-electron chi connectivity index (χ1n) is 9.73. The molecule has 10 nitrogen and oxygen atoms in total. The van der Waals surface area contributed by atoms with Crippen LogP contribution < -0.4 is 11.2 Å². The van der Waals surface area contributed by atoms with E-state index in [-0.39, 0.29) is 12.6 Å². The van der Waals surface area contributed by atoms with Crippen molar-refractivity contribution >= 4 is 5.97 Å². The van der Waals surface area contributed by atoms with E-state index in [9.17, 15) is 14.4 Å². The van der Waals surface area contributed by atoms with Gasteiger partial charge in [0.25, 0.3) is 5.56 Å². The fraction of sp³-hybridized carbons (Fsp3) is 0.737. The lowest BCUT2D eigenvalue weighted by Gasteiger charge is -2.38. The Hall–Kier alpha value is -2.01. The topological polar surface area (TPSA) is 118 Å². The molecule has 0 unspecified atom stereocenters. The van der Waals surface area contributed by atoms with E-state index in [2.05, 4.69) is 4.98 Å². The van der Waals surface area contributed by atoms with Gasteiger partial charge in [0, 0.05) is 19.4 Å². The van der Waals surface area contributed by atoms with Gasteiger partial charge in [0.15, 0.2) is 12.0 Å². The number of carbonyl (C=O) groups excluding carboxylic acids is 1. The largest absolute Gasteiger partial charge is 0.462 e. The Balaban J connectivity index is 1.51. The highest BCUT2D eigenvalue weighted by atomic mass is 16.8. The zero-order valence-corrected chi connectivity index (χ0v) is 16.7. The van der Waals surface area contributed by atoms with Crippen LogP contribution in [0.1, 0.15) is 39.3 Å². The number of hydrogen-bond acceptors (Lipinski definition) is 8. The van der Waals surface area contributed by atoms with E-state index in [1.54, 1.807) is 21.0 Å². The number of carbonyl (C=O) groups is 1. The van der Waals surface area contributed by atoms with E-state index in [0.29, 0.717) is 6.61 Å². The zero-order valence-electron chi connectivity index (χ0n) is 16.7. The summed E-state index contributed by atoms with van der Waals surface area (Å²) < 4.78 is 29.9. The van der Waals surface area contributed by atoms with E-state index < -0.39 is 47.0 Å². The molecule has 0 spiro atoms. The second-order valence-electron chi connectivity index (χ2n) is 8.31. The molecular formula is C19H26N2O8. The predicted octanol–water partition coefficient (Wildman–Crippen LogP) is 0.314. The van der Waals surface area contributed by atoms with Crippen LogP contribution in [0.25, 0.3) is 0 Å². The molecule has 1 aliphatic carbocycles. The number of hydrogen-bond donors (Lipinski definition) is 1. The van der Waals surface area contributed by atoms with Crippen molar-refractivity contribution in [1.82, 2.24) is 9.55 Å². The second-order valence-corrected chi connectivity index (χ2v) is 8.31. The lowest BCUT2D eigenvalue weighted by Crippen LogP contribution is -2.44. The minimum atomic E-state index is -0.878. The van der Waals surface area contributed by atoms with E-state index in [4.69, 9.17) is 23.7 Å². The van der Waals surface area contributed by atoms with Crippen LogP contribution in [-0.4, -0.2) is 59.9 Å². The molecule has 1 saturated carbocycles. The summed E-state index contributed by atoms with van der Waals surface area (Å²) in [7, 11) is 1.57. The Bertz CT molecular complexity index is 887. The van der Waals surface area contributed by atoms with Gasteiger partial charge in [0.2, 0.25) is 0 Å². The van der Waals surface area contributed by atoms with Crippen molar-refractivity contribution < 1.29 is 28.5 Å². The molecule has 2 aliphatic heterocycles. The van der Waals surface area contributed by atoms with Crippen molar-refractivity contribution in [3.63, 3.8) is 0 Å². The highest BCUT2D eigenvalue weighted by Gasteiger charge is 2.57. The molecule has 1 aromatic rings. The molecule has 0 bridgehead atoms. The van der Waals surface area contributed by atoms with Crippen molar-refractivity contribution in [3.05, 3.63) is 33.1 Å². The van der Waals surface area contributed by atoms with Gasteiger partial charge >= 0.3 is 11.7 Å². The fourth-order valence-corrected chi connectivity index (χ4v) is 4.24. The third-order valence-electron chi connectivity index (χ3n) is 5.79. The minimum absolute atomic E-state index is 0.0283. The first-order chi connectivity index (χ1) is 13.7. The molecule has 3 aliphatic rings. The number of esters is 1. The summed E-state index contributed by atoms with van der Waals surface area (Å²) in [5.41, 5.74) is -1.70. The van der Waals surface area contributed by atoms with Crippen LogP contribution in [0.15, 0.2) is 21.9 Å². The van der Waals surface area contributed by atoms with Gasteiger partial charge < -0.3 is 23.7 Å². The van der Waals surface area contributed by atoms with Crippen LogP contribution in [0.4, 0.5) is 0 Å². The Kier molecular flexibility index (Phi) is 5.14. The normalized spacial score (nSPS) is 31.8. The van der Waals surface area contributed by atoms with Crippen molar-refractivity contribution in [2.24, 2.45) is 5.41 Å². The molecule has 3 heterocycles. The minimum Gasteiger partial charge on any atom is -0.462 e. The average molecular weight is 410 g/mol. The number of nitrogens with zero attached hydrogens (tertiary/aromatic N) is 1. The van der Waals surface area contributed by atoms with Crippen molar-refractivity contribution in [3.8, 4) is 0 Å². The Morgan fingerprint density at radius 3 is 2.62 bits per heavy atom. The van der Waals surface area contributed by atoms with Gasteiger partial charge in [-0.05, 0) is 26.7 Å². The summed E-state index contributed by atoms with van der Waals surface area (Å²) in [5, 5.41) is 0. The van der Waals surface area contributed by atoms with Crippen molar-refractivity contribution in [2.45, 2.75) is 63.4 Å². The van der Waals surface area contributed by atoms with Gasteiger partial charge in [-0.3, -0.25) is 19.1 Å². The number of nitrogens with one attached hydrogen (secondary N) is 1. The van der Waals surface area contributed by atoms with Gasteiger partial charge in [0.05, 0.1) is 12.0 Å². The number of H-pyrrole nitrogens is 1. The maximum absolute atomic E-state index is 12.6. The van der Waals surface area contributed by atoms with Crippen molar-refractivity contribution in [2.75, 3.05) is 20.3 Å². The number of aromatic nitrogens is 2. The highest BCUT2D eigenvalue weighted by Crippen LogP contribution is 2.44. The van der Waals surface area contributed by atoms with Crippen LogP contribution in [0.2, 0.25) is 0 Å². The average Bonchev–Trinajstić information content (AvgIpc) is 3.09. The van der Waals surface area contributed by atoms with E-state index >= 15 is 0 Å². The molecule has 1 N–H and O–H groups in total. The molecule has 29 heavy (non-hydrogen) atoms. The first-order valence-corrected chi connectivity index (χ1v) is 9.73. The summed E-state index contributed by atoms with van der Waals surface area (Å²) in [6.07, 6.45) is 1.24. The molecule has 10 heteroatoms. The van der Waals surface area contributed by atoms with E-state index in [1.807, 2.05) is 0 Å². The lowest BCUT2D eigenvalue weighted by atomic mass is 9.69. The summed E-state index contributed by atoms with van der Waals surface area (Å²) in [5.74, 6) is -1.19. The SMILES string of the molecule is COCC1(C(=O)OC[C@H]2O[C@@H](n3ccc(=O)[nH]c3=O)[C@@H]3OC(C)(C)O[C@@H]32)CCC1. The smallest absolute Gasteiger partial charge is 0.330 e. The summed E-state index contributed by atoms with van der Waals surface area (Å²) in [6.45, 7) is 3.83. The molecule has 3 fully saturated rings. The number of rotatable bonds is 6. The van der Waals surface area contributed by atoms with Crippen LogP contribution in [0, 0.1) is 5.41 Å². The fourth-order valence-electron chi connectivity index (χ4n) is 4.24. The lowest BCUT2D eigenvalue weighted by molar-refractivity contribution is -0.205. The Morgan fingerprint density at radius 1 is 1.28 bits per heavy atom. The Labute approximate surface area is 167 Å². The van der Waals surface area contributed by atoms with E-state index in [1.165, 1.54) is 16.8 Å². The summed E-state index contributed by atoms with van der Waals surface area (Å²) in [6, 6.07) is 1.24. The van der Waals surface area contributed by atoms with Crippen LogP contribution in [-0.2, 0) is 28.5 Å². The highest BCUT2D eigenvalue weighted by molar-refractivity contribution is 5.78. The molecule has 2 saturated heterocycles. The number of fused-ring (bicyclic) bond motifs is 1. The third-order valence-corrected chi connectivity index (χ3v) is 5.79. The molecule has 4 atom stereocenters. The van der Waals surface area contributed by atoms with Crippen LogP contribution in [0.3, 0.4) is 0 Å². The molecule has 4 rings (SSSR count).